The lowest BCUT2D eigenvalue weighted by molar-refractivity contribution is -0.129. The Labute approximate surface area is 185 Å². The number of carbonyl (C=O) groups is 1. The Bertz CT molecular complexity index is 1010. The fourth-order valence-corrected chi connectivity index (χ4v) is 5.44. The predicted molar refractivity (Wildman–Crippen MR) is 123 cm³/mol. The van der Waals surface area contributed by atoms with Crippen LogP contribution in [0.2, 0.25) is 0 Å². The number of rotatable bonds is 7. The summed E-state index contributed by atoms with van der Waals surface area (Å²) in [6, 6.07) is 15.4. The third-order valence-electron chi connectivity index (χ3n) is 6.29. The van der Waals surface area contributed by atoms with Gasteiger partial charge in [-0.25, -0.2) is 12.7 Å². The highest BCUT2D eigenvalue weighted by Crippen LogP contribution is 2.38. The molecule has 168 valence electrons. The maximum atomic E-state index is 13.7. The predicted octanol–water partition coefficient (Wildman–Crippen LogP) is 3.56. The van der Waals surface area contributed by atoms with Gasteiger partial charge in [-0.1, -0.05) is 48.0 Å². The molecule has 0 aliphatic carbocycles. The Morgan fingerprint density at radius 3 is 2.39 bits per heavy atom. The lowest BCUT2D eigenvalue weighted by atomic mass is 9.72. The van der Waals surface area contributed by atoms with E-state index in [0.717, 1.165) is 22.4 Å². The number of hydrogen-bond donors (Lipinski definition) is 1. The number of benzene rings is 2. The molecule has 0 spiro atoms. The standard InChI is InChI=1S/C24H32N2O4S/c1-5-31(28,29)26-15-13-24(14-16-26,20-9-7-6-8-10-20)23(27)25-19(3)21-17-18(2)11-12-22(21)30-4/h6-12,17,19H,5,13-16H2,1-4H3,(H,25,27). The molecule has 1 amide bonds. The molecule has 1 fully saturated rings. The minimum Gasteiger partial charge on any atom is -0.496 e. The van der Waals surface area contributed by atoms with Gasteiger partial charge in [0.25, 0.3) is 0 Å². The molecule has 31 heavy (non-hydrogen) atoms. The number of aryl methyl sites for hydroxylation is 1. The van der Waals surface area contributed by atoms with Crippen molar-refractivity contribution in [3.8, 4) is 5.75 Å². The Balaban J connectivity index is 1.89. The summed E-state index contributed by atoms with van der Waals surface area (Å²) in [5.74, 6) is 0.723. The van der Waals surface area contributed by atoms with Gasteiger partial charge in [0.2, 0.25) is 15.9 Å². The number of methoxy groups -OCH3 is 1. The molecule has 0 bridgehead atoms. The largest absolute Gasteiger partial charge is 0.496 e. The van der Waals surface area contributed by atoms with Crippen LogP contribution < -0.4 is 10.1 Å². The molecular weight excluding hydrogens is 412 g/mol. The molecule has 6 nitrogen and oxygen atoms in total. The fraction of sp³-hybridized carbons (Fsp3) is 0.458. The number of nitrogens with zero attached hydrogens (tertiary/aromatic N) is 1. The van der Waals surface area contributed by atoms with Crippen molar-refractivity contribution in [3.05, 3.63) is 65.2 Å². The third kappa shape index (κ3) is 4.77. The van der Waals surface area contributed by atoms with Gasteiger partial charge in [-0.15, -0.1) is 0 Å². The highest BCUT2D eigenvalue weighted by atomic mass is 32.2. The van der Waals surface area contributed by atoms with Crippen LogP contribution in [0.1, 0.15) is 49.4 Å². The first-order valence-electron chi connectivity index (χ1n) is 10.7. The zero-order valence-corrected chi connectivity index (χ0v) is 19.5. The van der Waals surface area contributed by atoms with E-state index >= 15 is 0 Å². The van der Waals surface area contributed by atoms with E-state index in [1.54, 1.807) is 14.0 Å². The zero-order valence-electron chi connectivity index (χ0n) is 18.7. The molecule has 1 heterocycles. The number of hydrogen-bond acceptors (Lipinski definition) is 4. The van der Waals surface area contributed by atoms with Gasteiger partial charge in [0.15, 0.2) is 0 Å². The number of ether oxygens (including phenoxy) is 1. The van der Waals surface area contributed by atoms with E-state index in [9.17, 15) is 13.2 Å². The van der Waals surface area contributed by atoms with Crippen molar-refractivity contribution in [2.24, 2.45) is 0 Å². The van der Waals surface area contributed by atoms with Crippen LogP contribution in [-0.4, -0.2) is 44.6 Å². The second kappa shape index (κ2) is 9.40. The van der Waals surface area contributed by atoms with Crippen LogP contribution in [-0.2, 0) is 20.2 Å². The second-order valence-corrected chi connectivity index (χ2v) is 10.4. The van der Waals surface area contributed by atoms with Crippen molar-refractivity contribution < 1.29 is 17.9 Å². The van der Waals surface area contributed by atoms with E-state index in [-0.39, 0.29) is 17.7 Å². The SMILES string of the molecule is CCS(=O)(=O)N1CCC(C(=O)NC(C)c2cc(C)ccc2OC)(c2ccccc2)CC1. The molecule has 1 N–H and O–H groups in total. The van der Waals surface area contributed by atoms with E-state index in [2.05, 4.69) is 5.32 Å². The second-order valence-electron chi connectivity index (χ2n) is 8.19. The molecule has 0 aromatic heterocycles. The summed E-state index contributed by atoms with van der Waals surface area (Å²) < 4.78 is 31.7. The summed E-state index contributed by atoms with van der Waals surface area (Å²) in [5.41, 5.74) is 2.16. The molecule has 1 saturated heterocycles. The highest BCUT2D eigenvalue weighted by molar-refractivity contribution is 7.89. The van der Waals surface area contributed by atoms with Crippen molar-refractivity contribution in [2.45, 2.75) is 45.1 Å². The number of carbonyl (C=O) groups excluding carboxylic acids is 1. The number of piperidine rings is 1. The van der Waals surface area contributed by atoms with E-state index in [1.807, 2.05) is 62.4 Å². The van der Waals surface area contributed by atoms with Gasteiger partial charge < -0.3 is 10.1 Å². The molecule has 2 aromatic carbocycles. The molecule has 1 unspecified atom stereocenters. The first kappa shape index (κ1) is 23.3. The summed E-state index contributed by atoms with van der Waals surface area (Å²) in [5, 5.41) is 3.19. The van der Waals surface area contributed by atoms with Gasteiger partial charge in [0, 0.05) is 18.7 Å². The molecule has 2 aromatic rings. The van der Waals surface area contributed by atoms with Crippen molar-refractivity contribution >= 4 is 15.9 Å². The molecule has 0 radical (unpaired) electrons. The summed E-state index contributed by atoms with van der Waals surface area (Å²) in [7, 11) is -1.65. The lowest BCUT2D eigenvalue weighted by Gasteiger charge is -2.41. The monoisotopic (exact) mass is 444 g/mol. The topological polar surface area (TPSA) is 75.7 Å². The maximum absolute atomic E-state index is 13.7. The van der Waals surface area contributed by atoms with Crippen LogP contribution in [0.15, 0.2) is 48.5 Å². The van der Waals surface area contributed by atoms with Crippen LogP contribution in [0, 0.1) is 6.92 Å². The van der Waals surface area contributed by atoms with E-state index in [0.29, 0.717) is 25.9 Å². The lowest BCUT2D eigenvalue weighted by Crippen LogP contribution is -2.53. The molecule has 3 rings (SSSR count). The normalized spacial score (nSPS) is 17.7. The molecule has 1 aliphatic rings. The van der Waals surface area contributed by atoms with Crippen molar-refractivity contribution in [2.75, 3.05) is 26.0 Å². The molecular formula is C24H32N2O4S. The van der Waals surface area contributed by atoms with E-state index in [4.69, 9.17) is 4.74 Å². The van der Waals surface area contributed by atoms with Crippen molar-refractivity contribution in [1.29, 1.82) is 0 Å². The summed E-state index contributed by atoms with van der Waals surface area (Å²) in [4.78, 5) is 13.7. The summed E-state index contributed by atoms with van der Waals surface area (Å²) in [6.45, 7) is 6.27. The number of amides is 1. The Morgan fingerprint density at radius 2 is 1.81 bits per heavy atom. The molecule has 1 atom stereocenters. The fourth-order valence-electron chi connectivity index (χ4n) is 4.34. The van der Waals surface area contributed by atoms with Crippen LogP contribution in [0.3, 0.4) is 0 Å². The van der Waals surface area contributed by atoms with Crippen molar-refractivity contribution in [3.63, 3.8) is 0 Å². The average Bonchev–Trinajstić information content (AvgIpc) is 2.79. The Hall–Kier alpha value is -2.38. The minimum atomic E-state index is -3.27. The molecule has 1 aliphatic heterocycles. The van der Waals surface area contributed by atoms with Gasteiger partial charge >= 0.3 is 0 Å². The van der Waals surface area contributed by atoms with Crippen LogP contribution in [0.5, 0.6) is 5.75 Å². The first-order valence-corrected chi connectivity index (χ1v) is 12.3. The number of sulfonamides is 1. The van der Waals surface area contributed by atoms with Crippen LogP contribution >= 0.6 is 0 Å². The Morgan fingerprint density at radius 1 is 1.16 bits per heavy atom. The van der Waals surface area contributed by atoms with Gasteiger partial charge in [-0.05, 0) is 45.2 Å². The van der Waals surface area contributed by atoms with Crippen molar-refractivity contribution in [1.82, 2.24) is 9.62 Å². The summed E-state index contributed by atoms with van der Waals surface area (Å²) in [6.07, 6.45) is 0.888. The van der Waals surface area contributed by atoms with Gasteiger partial charge in [0.1, 0.15) is 5.75 Å². The summed E-state index contributed by atoms with van der Waals surface area (Å²) >= 11 is 0. The first-order chi connectivity index (χ1) is 14.7. The van der Waals surface area contributed by atoms with Gasteiger partial charge in [0.05, 0.1) is 24.3 Å². The third-order valence-corrected chi connectivity index (χ3v) is 8.18. The van der Waals surface area contributed by atoms with E-state index < -0.39 is 15.4 Å². The molecule has 0 saturated carbocycles. The Kier molecular flexibility index (Phi) is 7.06. The van der Waals surface area contributed by atoms with Crippen LogP contribution in [0.4, 0.5) is 0 Å². The quantitative estimate of drug-likeness (QED) is 0.708. The van der Waals surface area contributed by atoms with Gasteiger partial charge in [-0.2, -0.15) is 0 Å². The van der Waals surface area contributed by atoms with Crippen LogP contribution in [0.25, 0.3) is 0 Å². The minimum absolute atomic E-state index is 0.0712. The average molecular weight is 445 g/mol. The van der Waals surface area contributed by atoms with Gasteiger partial charge in [-0.3, -0.25) is 4.79 Å². The highest BCUT2D eigenvalue weighted by Gasteiger charge is 2.45. The van der Waals surface area contributed by atoms with E-state index in [1.165, 1.54) is 4.31 Å². The smallest absolute Gasteiger partial charge is 0.231 e. The maximum Gasteiger partial charge on any atom is 0.231 e. The zero-order chi connectivity index (χ0) is 22.6. The number of nitrogens with one attached hydrogen (secondary N) is 1. The molecule has 7 heteroatoms.